The molecule has 23 heavy (non-hydrogen) atoms. The SMILES string of the molecule is Cc1[nH]c2ccc(CNC(=O)C3(S(C)(=O)=O)CCC3)cc2c1C. The van der Waals surface area contributed by atoms with E-state index in [1.165, 1.54) is 5.56 Å². The molecule has 1 aromatic heterocycles. The van der Waals surface area contributed by atoms with Gasteiger partial charge >= 0.3 is 0 Å². The largest absolute Gasteiger partial charge is 0.358 e. The van der Waals surface area contributed by atoms with E-state index in [0.29, 0.717) is 19.4 Å². The topological polar surface area (TPSA) is 79.0 Å². The van der Waals surface area contributed by atoms with E-state index in [0.717, 1.165) is 34.8 Å². The number of carbonyl (C=O) groups excluding carboxylic acids is 1. The van der Waals surface area contributed by atoms with E-state index in [4.69, 9.17) is 0 Å². The van der Waals surface area contributed by atoms with Gasteiger partial charge in [-0.25, -0.2) is 8.42 Å². The summed E-state index contributed by atoms with van der Waals surface area (Å²) in [5.41, 5.74) is 4.36. The number of sulfone groups is 1. The Hall–Kier alpha value is -1.82. The van der Waals surface area contributed by atoms with Crippen molar-refractivity contribution in [2.75, 3.05) is 6.26 Å². The number of aryl methyl sites for hydroxylation is 2. The number of carbonyl (C=O) groups is 1. The normalized spacial score (nSPS) is 17.0. The molecular formula is C17H22N2O3S. The third-order valence-electron chi connectivity index (χ3n) is 5.11. The van der Waals surface area contributed by atoms with Crippen LogP contribution in [0.4, 0.5) is 0 Å². The Morgan fingerprint density at radius 2 is 2.00 bits per heavy atom. The number of amides is 1. The molecule has 1 aliphatic rings. The summed E-state index contributed by atoms with van der Waals surface area (Å²) in [6.07, 6.45) is 2.79. The first-order valence-electron chi connectivity index (χ1n) is 7.80. The number of fused-ring (bicyclic) bond motifs is 1. The molecule has 6 heteroatoms. The van der Waals surface area contributed by atoms with Crippen molar-refractivity contribution in [3.63, 3.8) is 0 Å². The van der Waals surface area contributed by atoms with Gasteiger partial charge in [-0.2, -0.15) is 0 Å². The van der Waals surface area contributed by atoms with Gasteiger partial charge in [0.25, 0.3) is 0 Å². The van der Waals surface area contributed by atoms with Crippen molar-refractivity contribution in [1.82, 2.24) is 10.3 Å². The summed E-state index contributed by atoms with van der Waals surface area (Å²) in [4.78, 5) is 15.7. The maximum Gasteiger partial charge on any atom is 0.241 e. The zero-order valence-electron chi connectivity index (χ0n) is 13.7. The number of benzene rings is 1. The zero-order valence-corrected chi connectivity index (χ0v) is 14.5. The molecule has 3 rings (SSSR count). The van der Waals surface area contributed by atoms with Crippen LogP contribution in [-0.4, -0.2) is 30.3 Å². The third-order valence-corrected chi connectivity index (χ3v) is 7.12. The highest BCUT2D eigenvalue weighted by Gasteiger charge is 2.52. The Labute approximate surface area is 136 Å². The van der Waals surface area contributed by atoms with Gasteiger partial charge in [-0.3, -0.25) is 4.79 Å². The smallest absolute Gasteiger partial charge is 0.241 e. The van der Waals surface area contributed by atoms with E-state index in [9.17, 15) is 13.2 Å². The van der Waals surface area contributed by atoms with Crippen molar-refractivity contribution in [2.24, 2.45) is 0 Å². The Kier molecular flexibility index (Phi) is 3.75. The molecule has 5 nitrogen and oxygen atoms in total. The fraction of sp³-hybridized carbons (Fsp3) is 0.471. The number of rotatable bonds is 4. The van der Waals surface area contributed by atoms with Crippen LogP contribution in [0.3, 0.4) is 0 Å². The van der Waals surface area contributed by atoms with Crippen molar-refractivity contribution >= 4 is 26.6 Å². The molecule has 0 bridgehead atoms. The molecule has 1 aromatic carbocycles. The standard InChI is InChI=1S/C17H22N2O3S/c1-11-12(2)19-15-6-5-13(9-14(11)15)10-18-16(20)17(7-4-8-17)23(3,21)22/h5-6,9,19H,4,7-8,10H2,1-3H3,(H,18,20). The Morgan fingerprint density at radius 1 is 1.30 bits per heavy atom. The van der Waals surface area contributed by atoms with Crippen molar-refractivity contribution < 1.29 is 13.2 Å². The molecule has 1 saturated carbocycles. The first-order valence-corrected chi connectivity index (χ1v) is 9.69. The van der Waals surface area contributed by atoms with E-state index < -0.39 is 14.6 Å². The number of aromatic amines is 1. The molecule has 0 spiro atoms. The summed E-state index contributed by atoms with van der Waals surface area (Å²) in [7, 11) is -3.39. The van der Waals surface area contributed by atoms with Crippen LogP contribution in [0.25, 0.3) is 10.9 Å². The predicted octanol–water partition coefficient (Wildman–Crippen LogP) is 2.37. The summed E-state index contributed by atoms with van der Waals surface area (Å²) >= 11 is 0. The second kappa shape index (κ2) is 5.37. The maximum absolute atomic E-state index is 12.4. The fourth-order valence-electron chi connectivity index (χ4n) is 3.23. The summed E-state index contributed by atoms with van der Waals surface area (Å²) in [5.74, 6) is -0.367. The molecule has 1 heterocycles. The van der Waals surface area contributed by atoms with Gasteiger partial charge in [-0.1, -0.05) is 6.07 Å². The summed E-state index contributed by atoms with van der Waals surface area (Å²) in [5, 5.41) is 3.95. The molecule has 2 N–H and O–H groups in total. The van der Waals surface area contributed by atoms with Crippen molar-refractivity contribution in [1.29, 1.82) is 0 Å². The Morgan fingerprint density at radius 3 is 2.57 bits per heavy atom. The van der Waals surface area contributed by atoms with Gasteiger partial charge in [-0.15, -0.1) is 0 Å². The highest BCUT2D eigenvalue weighted by Crippen LogP contribution is 2.39. The van der Waals surface area contributed by atoms with E-state index in [2.05, 4.69) is 17.2 Å². The molecule has 1 fully saturated rings. The van der Waals surface area contributed by atoms with E-state index >= 15 is 0 Å². The van der Waals surface area contributed by atoms with Gasteiger partial charge in [0, 0.05) is 29.4 Å². The van der Waals surface area contributed by atoms with Gasteiger partial charge < -0.3 is 10.3 Å². The average molecular weight is 334 g/mol. The van der Waals surface area contributed by atoms with Gasteiger partial charge in [0.05, 0.1) is 0 Å². The van der Waals surface area contributed by atoms with Crippen LogP contribution in [0, 0.1) is 13.8 Å². The van der Waals surface area contributed by atoms with Crippen LogP contribution >= 0.6 is 0 Å². The summed E-state index contributed by atoms with van der Waals surface area (Å²) in [6.45, 7) is 4.43. The van der Waals surface area contributed by atoms with Gasteiger partial charge in [-0.05, 0) is 56.4 Å². The highest BCUT2D eigenvalue weighted by atomic mass is 32.2. The van der Waals surface area contributed by atoms with Crippen molar-refractivity contribution in [3.8, 4) is 0 Å². The van der Waals surface area contributed by atoms with E-state index in [-0.39, 0.29) is 5.91 Å². The molecule has 124 valence electrons. The number of H-pyrrole nitrogens is 1. The molecule has 1 aliphatic carbocycles. The number of hydrogen-bond donors (Lipinski definition) is 2. The number of hydrogen-bond acceptors (Lipinski definition) is 3. The molecule has 0 radical (unpaired) electrons. The first-order chi connectivity index (χ1) is 10.7. The molecule has 2 aromatic rings. The second-order valence-electron chi connectivity index (χ2n) is 6.56. The minimum Gasteiger partial charge on any atom is -0.358 e. The third kappa shape index (κ3) is 2.55. The molecule has 0 unspecified atom stereocenters. The number of nitrogens with one attached hydrogen (secondary N) is 2. The van der Waals surface area contributed by atoms with Gasteiger partial charge in [0.1, 0.15) is 4.75 Å². The second-order valence-corrected chi connectivity index (χ2v) is 8.88. The Balaban J connectivity index is 1.78. The fourth-order valence-corrected chi connectivity index (χ4v) is 4.67. The Bertz CT molecular complexity index is 877. The minimum atomic E-state index is -3.39. The summed E-state index contributed by atoms with van der Waals surface area (Å²) < 4.78 is 22.7. The lowest BCUT2D eigenvalue weighted by atomic mass is 9.83. The molecule has 0 saturated heterocycles. The lowest BCUT2D eigenvalue weighted by molar-refractivity contribution is -0.125. The molecule has 0 atom stereocenters. The van der Waals surface area contributed by atoms with Crippen LogP contribution in [0.2, 0.25) is 0 Å². The van der Waals surface area contributed by atoms with Gasteiger partial charge in [0.2, 0.25) is 5.91 Å². The minimum absolute atomic E-state index is 0.343. The summed E-state index contributed by atoms with van der Waals surface area (Å²) in [6, 6.07) is 5.99. The number of aromatic nitrogens is 1. The van der Waals surface area contributed by atoms with Crippen LogP contribution in [-0.2, 0) is 21.2 Å². The van der Waals surface area contributed by atoms with Crippen LogP contribution in [0.1, 0.15) is 36.1 Å². The lowest BCUT2D eigenvalue weighted by Gasteiger charge is -2.38. The molecular weight excluding hydrogens is 312 g/mol. The monoisotopic (exact) mass is 334 g/mol. The maximum atomic E-state index is 12.4. The van der Waals surface area contributed by atoms with Crippen LogP contribution in [0.5, 0.6) is 0 Å². The quantitative estimate of drug-likeness (QED) is 0.901. The average Bonchev–Trinajstić information content (AvgIpc) is 2.69. The van der Waals surface area contributed by atoms with E-state index in [1.807, 2.05) is 25.1 Å². The van der Waals surface area contributed by atoms with Crippen molar-refractivity contribution in [2.45, 2.75) is 44.4 Å². The lowest BCUT2D eigenvalue weighted by Crippen LogP contribution is -2.56. The van der Waals surface area contributed by atoms with Crippen LogP contribution < -0.4 is 5.32 Å². The van der Waals surface area contributed by atoms with E-state index in [1.54, 1.807) is 0 Å². The highest BCUT2D eigenvalue weighted by molar-refractivity contribution is 7.93. The zero-order chi connectivity index (χ0) is 16.8. The van der Waals surface area contributed by atoms with Crippen molar-refractivity contribution in [3.05, 3.63) is 35.0 Å². The molecule has 0 aliphatic heterocycles. The molecule has 1 amide bonds. The van der Waals surface area contributed by atoms with Gasteiger partial charge in [0.15, 0.2) is 9.84 Å². The van der Waals surface area contributed by atoms with Crippen LogP contribution in [0.15, 0.2) is 18.2 Å². The first kappa shape index (κ1) is 16.1. The predicted molar refractivity (Wildman–Crippen MR) is 91.0 cm³/mol.